The molecule has 5 rings (SSSR count). The van der Waals surface area contributed by atoms with E-state index in [0.29, 0.717) is 49.0 Å². The molecule has 0 amide bonds. The van der Waals surface area contributed by atoms with Gasteiger partial charge in [-0.2, -0.15) is 0 Å². The number of hydrogen-bond acceptors (Lipinski definition) is 8. The Hall–Kier alpha value is -4.70. The smallest absolute Gasteiger partial charge is 0.338 e. The number of halogens is 1. The van der Waals surface area contributed by atoms with E-state index in [9.17, 15) is 14.0 Å². The van der Waals surface area contributed by atoms with Crippen molar-refractivity contribution in [1.29, 1.82) is 0 Å². The number of thiazole rings is 1. The van der Waals surface area contributed by atoms with Crippen molar-refractivity contribution in [2.75, 3.05) is 27.9 Å². The summed E-state index contributed by atoms with van der Waals surface area (Å²) in [5.41, 5.74) is 2.07. The Labute approximate surface area is 239 Å². The minimum Gasteiger partial charge on any atom is -0.493 e. The molecule has 210 valence electrons. The maximum absolute atomic E-state index is 14.0. The molecule has 0 aliphatic carbocycles. The van der Waals surface area contributed by atoms with Gasteiger partial charge >= 0.3 is 5.97 Å². The quantitative estimate of drug-likeness (QED) is 0.295. The van der Waals surface area contributed by atoms with Crippen LogP contribution in [0.2, 0.25) is 0 Å². The SMILES string of the molecule is CCOC(=O)C1=C(c2ccccc2)N=c2s/c(=C/c3cc(OC)c(OC)c(OC)c3)c(=O)n2C1c1ccc(F)cc1. The molecule has 0 radical (unpaired) electrons. The van der Waals surface area contributed by atoms with E-state index in [1.165, 1.54) is 49.4 Å². The maximum Gasteiger partial charge on any atom is 0.338 e. The molecule has 1 unspecified atom stereocenters. The number of esters is 1. The topological polar surface area (TPSA) is 88.4 Å². The van der Waals surface area contributed by atoms with E-state index in [4.69, 9.17) is 23.9 Å². The molecule has 4 aromatic rings. The van der Waals surface area contributed by atoms with Crippen LogP contribution in [0.3, 0.4) is 0 Å². The van der Waals surface area contributed by atoms with Gasteiger partial charge in [0, 0.05) is 5.56 Å². The molecular formula is C31H27FN2O6S. The molecule has 0 saturated heterocycles. The average Bonchev–Trinajstić information content (AvgIpc) is 3.30. The van der Waals surface area contributed by atoms with Crippen molar-refractivity contribution < 1.29 is 28.1 Å². The zero-order chi connectivity index (χ0) is 29.1. The molecule has 8 nitrogen and oxygen atoms in total. The van der Waals surface area contributed by atoms with Gasteiger partial charge in [-0.3, -0.25) is 9.36 Å². The Morgan fingerprint density at radius 2 is 1.66 bits per heavy atom. The van der Waals surface area contributed by atoms with E-state index in [-0.39, 0.29) is 17.7 Å². The number of carbonyl (C=O) groups excluding carboxylic acids is 1. The highest BCUT2D eigenvalue weighted by Crippen LogP contribution is 2.38. The van der Waals surface area contributed by atoms with Gasteiger partial charge in [0.15, 0.2) is 16.3 Å². The number of hydrogen-bond donors (Lipinski definition) is 0. The highest BCUT2D eigenvalue weighted by atomic mass is 32.1. The number of aromatic nitrogens is 1. The third-order valence-corrected chi connectivity index (χ3v) is 7.53. The molecule has 41 heavy (non-hydrogen) atoms. The largest absolute Gasteiger partial charge is 0.493 e. The van der Waals surface area contributed by atoms with Crippen molar-refractivity contribution in [3.8, 4) is 17.2 Å². The van der Waals surface area contributed by atoms with Crippen LogP contribution in [0.4, 0.5) is 4.39 Å². The standard InChI is InChI=1S/C31H27FN2O6S/c1-5-40-30(36)25-26(19-9-7-6-8-10-19)33-31-34(27(25)20-11-13-21(32)14-12-20)29(35)24(41-31)17-18-15-22(37-2)28(39-4)23(16-18)38-3/h6-17,27H,5H2,1-4H3/b24-17+. The van der Waals surface area contributed by atoms with Crippen molar-refractivity contribution in [2.45, 2.75) is 13.0 Å². The summed E-state index contributed by atoms with van der Waals surface area (Å²) in [6.07, 6.45) is 1.70. The predicted molar refractivity (Wildman–Crippen MR) is 154 cm³/mol. The molecule has 1 atom stereocenters. The summed E-state index contributed by atoms with van der Waals surface area (Å²) in [7, 11) is 4.54. The predicted octanol–water partition coefficient (Wildman–Crippen LogP) is 4.10. The lowest BCUT2D eigenvalue weighted by atomic mass is 9.93. The van der Waals surface area contributed by atoms with Crippen molar-refractivity contribution in [1.82, 2.24) is 4.57 Å². The molecule has 0 N–H and O–H groups in total. The number of ether oxygens (including phenoxy) is 4. The van der Waals surface area contributed by atoms with Crippen LogP contribution in [0.5, 0.6) is 17.2 Å². The van der Waals surface area contributed by atoms with Crippen molar-refractivity contribution in [2.24, 2.45) is 4.99 Å². The lowest BCUT2D eigenvalue weighted by Gasteiger charge is -2.25. The van der Waals surface area contributed by atoms with Crippen LogP contribution in [0.25, 0.3) is 11.8 Å². The summed E-state index contributed by atoms with van der Waals surface area (Å²) in [4.78, 5) is 32.7. The van der Waals surface area contributed by atoms with Crippen LogP contribution in [0, 0.1) is 5.82 Å². The highest BCUT2D eigenvalue weighted by molar-refractivity contribution is 7.07. The molecule has 2 heterocycles. The van der Waals surface area contributed by atoms with E-state index in [1.54, 1.807) is 37.3 Å². The van der Waals surface area contributed by atoms with E-state index >= 15 is 0 Å². The number of rotatable bonds is 8. The van der Waals surface area contributed by atoms with Crippen molar-refractivity contribution in [3.05, 3.63) is 114 Å². The molecule has 1 aromatic heterocycles. The molecule has 0 fully saturated rings. The van der Waals surface area contributed by atoms with Gasteiger partial charge in [-0.25, -0.2) is 14.2 Å². The minimum atomic E-state index is -0.900. The molecule has 0 spiro atoms. The van der Waals surface area contributed by atoms with Crippen LogP contribution in [-0.4, -0.2) is 38.5 Å². The van der Waals surface area contributed by atoms with E-state index in [0.717, 1.165) is 0 Å². The lowest BCUT2D eigenvalue weighted by Crippen LogP contribution is -2.40. The van der Waals surface area contributed by atoms with E-state index in [1.807, 2.05) is 30.3 Å². The van der Waals surface area contributed by atoms with Crippen LogP contribution < -0.4 is 29.1 Å². The van der Waals surface area contributed by atoms with Gasteiger partial charge in [-0.1, -0.05) is 53.8 Å². The number of carbonyl (C=O) groups is 1. The average molecular weight is 575 g/mol. The lowest BCUT2D eigenvalue weighted by molar-refractivity contribution is -0.138. The summed E-state index contributed by atoms with van der Waals surface area (Å²) in [5.74, 6) is 0.255. The van der Waals surface area contributed by atoms with E-state index < -0.39 is 17.8 Å². The Morgan fingerprint density at radius 3 is 2.24 bits per heavy atom. The number of fused-ring (bicyclic) bond motifs is 1. The Kier molecular flexibility index (Phi) is 8.02. The third kappa shape index (κ3) is 5.26. The summed E-state index contributed by atoms with van der Waals surface area (Å²) in [6.45, 7) is 1.84. The van der Waals surface area contributed by atoms with Gasteiger partial charge in [0.05, 0.1) is 49.8 Å². The first-order valence-corrected chi connectivity index (χ1v) is 13.6. The number of nitrogens with zero attached hydrogens (tertiary/aromatic N) is 2. The second-order valence-corrected chi connectivity index (χ2v) is 9.95. The molecule has 3 aromatic carbocycles. The zero-order valence-corrected chi connectivity index (χ0v) is 23.7. The minimum absolute atomic E-state index is 0.131. The zero-order valence-electron chi connectivity index (χ0n) is 22.8. The Balaban J connectivity index is 1.81. The van der Waals surface area contributed by atoms with Gasteiger partial charge in [0.2, 0.25) is 5.75 Å². The van der Waals surface area contributed by atoms with Gasteiger partial charge in [0.1, 0.15) is 5.82 Å². The maximum atomic E-state index is 14.0. The number of methoxy groups -OCH3 is 3. The van der Waals surface area contributed by atoms with Gasteiger partial charge < -0.3 is 18.9 Å². The Bertz CT molecular complexity index is 1790. The van der Waals surface area contributed by atoms with Crippen molar-refractivity contribution >= 4 is 29.1 Å². The molecule has 1 aliphatic heterocycles. The van der Waals surface area contributed by atoms with Gasteiger partial charge in [-0.05, 0) is 48.4 Å². The molecule has 0 bridgehead atoms. The summed E-state index contributed by atoms with van der Waals surface area (Å²) in [5, 5.41) is 0. The van der Waals surface area contributed by atoms with Crippen LogP contribution >= 0.6 is 11.3 Å². The van der Waals surface area contributed by atoms with Crippen LogP contribution in [-0.2, 0) is 9.53 Å². The summed E-state index contributed by atoms with van der Waals surface area (Å²) in [6, 6.07) is 17.5. The molecule has 1 aliphatic rings. The second kappa shape index (κ2) is 11.8. The van der Waals surface area contributed by atoms with Crippen LogP contribution in [0.1, 0.15) is 29.7 Å². The van der Waals surface area contributed by atoms with Gasteiger partial charge in [-0.15, -0.1) is 0 Å². The summed E-state index contributed by atoms with van der Waals surface area (Å²) < 4.78 is 37.6. The fourth-order valence-electron chi connectivity index (χ4n) is 4.74. The van der Waals surface area contributed by atoms with Crippen molar-refractivity contribution in [3.63, 3.8) is 0 Å². The van der Waals surface area contributed by atoms with Crippen LogP contribution in [0.15, 0.2) is 82.1 Å². The first-order chi connectivity index (χ1) is 19.9. The Morgan fingerprint density at radius 1 is 1.00 bits per heavy atom. The first-order valence-electron chi connectivity index (χ1n) is 12.7. The molecule has 10 heteroatoms. The fraction of sp³-hybridized carbons (Fsp3) is 0.194. The normalized spacial score (nSPS) is 14.8. The third-order valence-electron chi connectivity index (χ3n) is 6.54. The van der Waals surface area contributed by atoms with E-state index in [2.05, 4.69) is 0 Å². The molecule has 0 saturated carbocycles. The highest BCUT2D eigenvalue weighted by Gasteiger charge is 2.35. The number of benzene rings is 3. The first kappa shape index (κ1) is 27.9. The fourth-order valence-corrected chi connectivity index (χ4v) is 5.74. The van der Waals surface area contributed by atoms with Gasteiger partial charge in [0.25, 0.3) is 5.56 Å². The molecular weight excluding hydrogens is 547 g/mol. The summed E-state index contributed by atoms with van der Waals surface area (Å²) >= 11 is 1.18. The second-order valence-electron chi connectivity index (χ2n) is 8.94. The monoisotopic (exact) mass is 574 g/mol.